The Morgan fingerprint density at radius 1 is 0.364 bits per heavy atom. The normalized spacial score (nSPS) is 11.6. The third-order valence-electron chi connectivity index (χ3n) is 8.82. The van der Waals surface area contributed by atoms with Crippen molar-refractivity contribution >= 4 is 71.3 Å². The van der Waals surface area contributed by atoms with Crippen molar-refractivity contribution in [2.75, 3.05) is 4.90 Å². The van der Waals surface area contributed by atoms with E-state index < -0.39 is 0 Å². The summed E-state index contributed by atoms with van der Waals surface area (Å²) in [5.74, 6) is 0. The van der Waals surface area contributed by atoms with Gasteiger partial charge in [-0.25, -0.2) is 0 Å². The van der Waals surface area contributed by atoms with E-state index in [0.717, 1.165) is 39.0 Å². The lowest BCUT2D eigenvalue weighted by Crippen LogP contribution is -2.10. The molecule has 206 valence electrons. The second kappa shape index (κ2) is 9.86. The smallest absolute Gasteiger partial charge is 0.137 e. The fourth-order valence-corrected chi connectivity index (χ4v) is 6.69. The molecule has 0 saturated heterocycles. The lowest BCUT2D eigenvalue weighted by molar-refractivity contribution is 0.669. The maximum Gasteiger partial charge on any atom is 0.137 e. The summed E-state index contributed by atoms with van der Waals surface area (Å²) in [7, 11) is 0. The summed E-state index contributed by atoms with van der Waals surface area (Å²) in [5.41, 5.74) is 7.49. The molecule has 0 aliphatic rings. The van der Waals surface area contributed by atoms with Crippen molar-refractivity contribution < 1.29 is 4.42 Å². The van der Waals surface area contributed by atoms with Crippen LogP contribution in [0.25, 0.3) is 65.4 Å². The number of hydrogen-bond acceptors (Lipinski definition) is 2. The average molecular weight is 562 g/mol. The molecule has 0 aliphatic carbocycles. The first-order valence-corrected chi connectivity index (χ1v) is 15.0. The van der Waals surface area contributed by atoms with Gasteiger partial charge in [-0.3, -0.25) is 0 Å². The van der Waals surface area contributed by atoms with Crippen molar-refractivity contribution in [3.63, 3.8) is 0 Å². The van der Waals surface area contributed by atoms with Gasteiger partial charge >= 0.3 is 0 Å². The molecule has 0 fully saturated rings. The number of furan rings is 1. The van der Waals surface area contributed by atoms with Gasteiger partial charge in [0.15, 0.2) is 0 Å². The van der Waals surface area contributed by atoms with Crippen LogP contribution in [0.3, 0.4) is 0 Å². The first kappa shape index (κ1) is 24.7. The van der Waals surface area contributed by atoms with E-state index in [0.29, 0.717) is 0 Å². The molecule has 0 N–H and O–H groups in total. The van der Waals surface area contributed by atoms with Crippen LogP contribution in [0.5, 0.6) is 0 Å². The molecule has 0 aliphatic heterocycles. The predicted molar refractivity (Wildman–Crippen MR) is 186 cm³/mol. The van der Waals surface area contributed by atoms with Crippen LogP contribution in [0.4, 0.5) is 17.1 Å². The molecule has 0 amide bonds. The van der Waals surface area contributed by atoms with Gasteiger partial charge < -0.3 is 9.32 Å². The second-order valence-corrected chi connectivity index (χ2v) is 11.4. The van der Waals surface area contributed by atoms with Crippen molar-refractivity contribution in [1.29, 1.82) is 0 Å². The van der Waals surface area contributed by atoms with E-state index in [2.05, 4.69) is 169 Å². The van der Waals surface area contributed by atoms with Crippen molar-refractivity contribution in [2.24, 2.45) is 0 Å². The van der Waals surface area contributed by atoms with Crippen LogP contribution < -0.4 is 4.90 Å². The van der Waals surface area contributed by atoms with E-state index in [-0.39, 0.29) is 0 Å². The third-order valence-corrected chi connectivity index (χ3v) is 8.82. The van der Waals surface area contributed by atoms with E-state index in [1.165, 1.54) is 43.4 Å². The Balaban J connectivity index is 1.23. The van der Waals surface area contributed by atoms with Crippen LogP contribution in [-0.2, 0) is 0 Å². The highest BCUT2D eigenvalue weighted by molar-refractivity contribution is 6.11. The molecule has 2 heteroatoms. The molecular weight excluding hydrogens is 534 g/mol. The zero-order valence-corrected chi connectivity index (χ0v) is 23.9. The molecule has 9 aromatic rings. The Hall–Kier alpha value is -5.86. The van der Waals surface area contributed by atoms with Gasteiger partial charge in [-0.2, -0.15) is 0 Å². The minimum absolute atomic E-state index is 0.880. The molecule has 0 spiro atoms. The average Bonchev–Trinajstić information content (AvgIpc) is 3.44. The summed E-state index contributed by atoms with van der Waals surface area (Å²) in [6, 6.07) is 58.6. The lowest BCUT2D eigenvalue weighted by atomic mass is 9.98. The van der Waals surface area contributed by atoms with Gasteiger partial charge in [0.2, 0.25) is 0 Å². The number of rotatable bonds is 4. The molecule has 0 radical (unpaired) electrons. The summed E-state index contributed by atoms with van der Waals surface area (Å²) < 4.78 is 6.50. The minimum Gasteiger partial charge on any atom is -0.456 e. The summed E-state index contributed by atoms with van der Waals surface area (Å²) >= 11 is 0. The van der Waals surface area contributed by atoms with E-state index >= 15 is 0 Å². The Kier molecular flexibility index (Phi) is 5.54. The van der Waals surface area contributed by atoms with Crippen LogP contribution in [0.2, 0.25) is 0 Å². The summed E-state index contributed by atoms with van der Waals surface area (Å²) in [4.78, 5) is 2.35. The van der Waals surface area contributed by atoms with Crippen LogP contribution in [-0.4, -0.2) is 0 Å². The van der Waals surface area contributed by atoms with Crippen molar-refractivity contribution in [3.8, 4) is 11.1 Å². The molecule has 1 aromatic heterocycles. The zero-order chi connectivity index (χ0) is 29.0. The van der Waals surface area contributed by atoms with Gasteiger partial charge in [0, 0.05) is 33.6 Å². The summed E-state index contributed by atoms with van der Waals surface area (Å²) in [5, 5.41) is 9.58. The first-order valence-electron chi connectivity index (χ1n) is 15.0. The van der Waals surface area contributed by atoms with Gasteiger partial charge in [-0.1, -0.05) is 115 Å². The summed E-state index contributed by atoms with van der Waals surface area (Å²) in [6.07, 6.45) is 0. The van der Waals surface area contributed by atoms with Gasteiger partial charge in [0.1, 0.15) is 11.2 Å². The number of hydrogen-bond donors (Lipinski definition) is 0. The van der Waals surface area contributed by atoms with Crippen LogP contribution in [0, 0.1) is 0 Å². The minimum atomic E-state index is 0.880. The van der Waals surface area contributed by atoms with Gasteiger partial charge in [-0.15, -0.1) is 0 Å². The Morgan fingerprint density at radius 2 is 0.955 bits per heavy atom. The molecule has 1 heterocycles. The van der Waals surface area contributed by atoms with Crippen LogP contribution in [0.1, 0.15) is 0 Å². The molecular formula is C42H27NO. The maximum absolute atomic E-state index is 6.50. The Morgan fingerprint density at radius 3 is 1.75 bits per heavy atom. The topological polar surface area (TPSA) is 16.4 Å². The number of nitrogens with zero attached hydrogens (tertiary/aromatic N) is 1. The van der Waals surface area contributed by atoms with Gasteiger partial charge in [0.25, 0.3) is 0 Å². The lowest BCUT2D eigenvalue weighted by Gasteiger charge is -2.27. The Bertz CT molecular complexity index is 2490. The van der Waals surface area contributed by atoms with Crippen LogP contribution >= 0.6 is 0 Å². The fraction of sp³-hybridized carbons (Fsp3) is 0. The number of anilines is 3. The molecule has 8 aromatic carbocycles. The molecule has 0 bridgehead atoms. The maximum atomic E-state index is 6.50. The SMILES string of the molecule is c1ccc2cc3c(cc2c1)oc1cc(N(c2ccc(-c4cccc5ccccc45)cc2)c2cccc4ccccc24)ccc13. The molecule has 44 heavy (non-hydrogen) atoms. The van der Waals surface area contributed by atoms with E-state index in [1.54, 1.807) is 0 Å². The third kappa shape index (κ3) is 3.96. The molecule has 0 atom stereocenters. The number of fused-ring (bicyclic) bond motifs is 6. The highest BCUT2D eigenvalue weighted by Crippen LogP contribution is 2.42. The molecule has 0 unspecified atom stereocenters. The first-order chi connectivity index (χ1) is 21.8. The molecule has 2 nitrogen and oxygen atoms in total. The molecule has 0 saturated carbocycles. The second-order valence-electron chi connectivity index (χ2n) is 11.4. The quantitative estimate of drug-likeness (QED) is 0.212. The van der Waals surface area contributed by atoms with E-state index in [4.69, 9.17) is 4.42 Å². The van der Waals surface area contributed by atoms with E-state index in [9.17, 15) is 0 Å². The van der Waals surface area contributed by atoms with E-state index in [1.807, 2.05) is 0 Å². The fourth-order valence-electron chi connectivity index (χ4n) is 6.69. The van der Waals surface area contributed by atoms with Gasteiger partial charge in [0.05, 0.1) is 5.69 Å². The van der Waals surface area contributed by atoms with Crippen LogP contribution in [0.15, 0.2) is 168 Å². The number of benzene rings is 8. The van der Waals surface area contributed by atoms with Crippen molar-refractivity contribution in [3.05, 3.63) is 164 Å². The standard InChI is InChI=1S/C42H27NO/c1-2-12-32-26-41-39(25-31(32)11-1)38-24-23-34(27-42(38)44-41)43(40-18-8-14-29-10-4-6-16-37(29)40)33-21-19-30(20-22-33)36-17-7-13-28-9-3-5-15-35(28)36/h1-27H. The highest BCUT2D eigenvalue weighted by Gasteiger charge is 2.18. The van der Waals surface area contributed by atoms with Gasteiger partial charge in [-0.05, 0) is 80.5 Å². The van der Waals surface area contributed by atoms with Crippen molar-refractivity contribution in [1.82, 2.24) is 0 Å². The summed E-state index contributed by atoms with van der Waals surface area (Å²) in [6.45, 7) is 0. The Labute approximate surface area is 255 Å². The zero-order valence-electron chi connectivity index (χ0n) is 23.9. The molecule has 9 rings (SSSR count). The van der Waals surface area contributed by atoms with Crippen molar-refractivity contribution in [2.45, 2.75) is 0 Å². The highest BCUT2D eigenvalue weighted by atomic mass is 16.3. The predicted octanol–water partition coefficient (Wildman–Crippen LogP) is 12.2. The largest absolute Gasteiger partial charge is 0.456 e. The monoisotopic (exact) mass is 561 g/mol.